The van der Waals surface area contributed by atoms with Crippen molar-refractivity contribution >= 4 is 34.2 Å². The van der Waals surface area contributed by atoms with Crippen molar-refractivity contribution in [3.8, 4) is 5.75 Å². The number of hydrogen-bond donors (Lipinski definition) is 1. The molecule has 0 bridgehead atoms. The van der Waals surface area contributed by atoms with Gasteiger partial charge < -0.3 is 14.5 Å². The van der Waals surface area contributed by atoms with Crippen molar-refractivity contribution in [1.82, 2.24) is 0 Å². The van der Waals surface area contributed by atoms with Gasteiger partial charge in [-0.05, 0) is 62.1 Å². The first-order valence-corrected chi connectivity index (χ1v) is 9.27. The molecule has 1 aromatic heterocycles. The summed E-state index contributed by atoms with van der Waals surface area (Å²) in [5.74, 6) is -0.476. The number of rotatable bonds is 4. The highest BCUT2D eigenvalue weighted by Crippen LogP contribution is 2.33. The smallest absolute Gasteiger partial charge is 0.339 e. The highest BCUT2D eigenvalue weighted by Gasteiger charge is 2.21. The minimum atomic E-state index is -0.487. The first-order chi connectivity index (χ1) is 13.4. The zero-order valence-corrected chi connectivity index (χ0v) is 15.9. The van der Waals surface area contributed by atoms with Gasteiger partial charge in [0.05, 0.1) is 10.7 Å². The van der Waals surface area contributed by atoms with E-state index in [0.717, 1.165) is 41.8 Å². The summed E-state index contributed by atoms with van der Waals surface area (Å²) in [7, 11) is 0. The van der Waals surface area contributed by atoms with Gasteiger partial charge in [-0.1, -0.05) is 11.6 Å². The van der Waals surface area contributed by atoms with E-state index in [1.165, 1.54) is 12.1 Å². The van der Waals surface area contributed by atoms with Gasteiger partial charge in [-0.2, -0.15) is 0 Å². The van der Waals surface area contributed by atoms with Crippen LogP contribution < -0.4 is 15.7 Å². The minimum Gasteiger partial charge on any atom is -0.483 e. The maximum absolute atomic E-state index is 13.1. The quantitative estimate of drug-likeness (QED) is 0.658. The van der Waals surface area contributed by atoms with E-state index in [0.29, 0.717) is 22.6 Å². The molecule has 1 aliphatic carbocycles. The van der Waals surface area contributed by atoms with Gasteiger partial charge >= 0.3 is 5.63 Å². The zero-order chi connectivity index (χ0) is 19.8. The standard InChI is InChI=1S/C21H17ClFNO4/c1-11-18(27-10-19(25)24-17-7-5-12(23)9-16(17)22)8-6-14-13-3-2-4-15(13)21(26)28-20(11)14/h5-9H,2-4,10H2,1H3,(H,24,25). The van der Waals surface area contributed by atoms with Crippen LogP contribution in [-0.4, -0.2) is 12.5 Å². The SMILES string of the molecule is Cc1c(OCC(=O)Nc2ccc(F)cc2Cl)ccc2c3c(c(=O)oc12)CCC3. The number of amides is 1. The highest BCUT2D eigenvalue weighted by molar-refractivity contribution is 6.33. The first kappa shape index (κ1) is 18.5. The van der Waals surface area contributed by atoms with Crippen molar-refractivity contribution in [3.05, 3.63) is 68.3 Å². The van der Waals surface area contributed by atoms with Gasteiger partial charge in [0.1, 0.15) is 17.1 Å². The van der Waals surface area contributed by atoms with Crippen LogP contribution in [0.5, 0.6) is 5.75 Å². The van der Waals surface area contributed by atoms with Crippen LogP contribution in [0.4, 0.5) is 10.1 Å². The maximum atomic E-state index is 13.1. The second-order valence-electron chi connectivity index (χ2n) is 6.73. The molecule has 0 atom stereocenters. The Kier molecular flexibility index (Phi) is 4.81. The Balaban J connectivity index is 1.54. The molecule has 0 radical (unpaired) electrons. The van der Waals surface area contributed by atoms with Crippen LogP contribution in [0.25, 0.3) is 11.0 Å². The third-order valence-corrected chi connectivity index (χ3v) is 5.22. The van der Waals surface area contributed by atoms with E-state index in [4.69, 9.17) is 20.8 Å². The monoisotopic (exact) mass is 401 g/mol. The van der Waals surface area contributed by atoms with Gasteiger partial charge in [-0.25, -0.2) is 9.18 Å². The molecule has 1 heterocycles. The third kappa shape index (κ3) is 3.36. The number of aryl methyl sites for hydroxylation is 2. The Morgan fingerprint density at radius 3 is 2.82 bits per heavy atom. The van der Waals surface area contributed by atoms with E-state index in [-0.39, 0.29) is 17.3 Å². The molecule has 144 valence electrons. The molecular weight excluding hydrogens is 385 g/mol. The normalized spacial score (nSPS) is 12.8. The molecule has 1 amide bonds. The van der Waals surface area contributed by atoms with Crippen molar-refractivity contribution in [2.45, 2.75) is 26.2 Å². The lowest BCUT2D eigenvalue weighted by atomic mass is 10.0. The zero-order valence-electron chi connectivity index (χ0n) is 15.1. The molecule has 0 saturated heterocycles. The second kappa shape index (κ2) is 7.28. The van der Waals surface area contributed by atoms with E-state index in [1.807, 2.05) is 6.07 Å². The lowest BCUT2D eigenvalue weighted by Crippen LogP contribution is -2.20. The maximum Gasteiger partial charge on any atom is 0.339 e. The molecule has 0 unspecified atom stereocenters. The molecule has 0 fully saturated rings. The summed E-state index contributed by atoms with van der Waals surface area (Å²) in [4.78, 5) is 24.3. The summed E-state index contributed by atoms with van der Waals surface area (Å²) in [6.45, 7) is 1.52. The molecular formula is C21H17ClFNO4. The Morgan fingerprint density at radius 1 is 1.25 bits per heavy atom. The van der Waals surface area contributed by atoms with Crippen molar-refractivity contribution < 1.29 is 18.3 Å². The summed E-state index contributed by atoms with van der Waals surface area (Å²) < 4.78 is 24.2. The van der Waals surface area contributed by atoms with Gasteiger partial charge in [0.2, 0.25) is 0 Å². The van der Waals surface area contributed by atoms with E-state index in [2.05, 4.69) is 5.32 Å². The Morgan fingerprint density at radius 2 is 2.04 bits per heavy atom. The van der Waals surface area contributed by atoms with Crippen LogP contribution in [0.1, 0.15) is 23.1 Å². The number of ether oxygens (including phenoxy) is 1. The molecule has 3 aromatic rings. The highest BCUT2D eigenvalue weighted by atomic mass is 35.5. The van der Waals surface area contributed by atoms with Gasteiger partial charge in [0.25, 0.3) is 5.91 Å². The number of nitrogens with one attached hydrogen (secondary N) is 1. The minimum absolute atomic E-state index is 0.103. The molecule has 7 heteroatoms. The first-order valence-electron chi connectivity index (χ1n) is 8.90. The summed E-state index contributed by atoms with van der Waals surface area (Å²) in [6.07, 6.45) is 2.55. The van der Waals surface area contributed by atoms with Gasteiger partial charge in [0.15, 0.2) is 6.61 Å². The fourth-order valence-electron chi connectivity index (χ4n) is 3.54. The Bertz CT molecular complexity index is 1160. The number of carbonyl (C=O) groups is 1. The van der Waals surface area contributed by atoms with E-state index in [1.54, 1.807) is 13.0 Å². The predicted octanol–water partition coefficient (Wildman–Crippen LogP) is 4.40. The van der Waals surface area contributed by atoms with E-state index >= 15 is 0 Å². The Labute approximate surface area is 165 Å². The topological polar surface area (TPSA) is 68.5 Å². The number of benzene rings is 2. The van der Waals surface area contributed by atoms with Gasteiger partial charge in [-0.3, -0.25) is 4.79 Å². The molecule has 0 spiro atoms. The summed E-state index contributed by atoms with van der Waals surface area (Å²) in [5, 5.41) is 3.59. The van der Waals surface area contributed by atoms with Gasteiger partial charge in [0, 0.05) is 16.5 Å². The average Bonchev–Trinajstić information content (AvgIpc) is 3.15. The van der Waals surface area contributed by atoms with Crippen LogP contribution >= 0.6 is 11.6 Å². The van der Waals surface area contributed by atoms with Crippen LogP contribution in [0.15, 0.2) is 39.5 Å². The molecule has 0 saturated carbocycles. The second-order valence-corrected chi connectivity index (χ2v) is 7.13. The number of hydrogen-bond acceptors (Lipinski definition) is 4. The van der Waals surface area contributed by atoms with Crippen molar-refractivity contribution in [2.75, 3.05) is 11.9 Å². The summed E-state index contributed by atoms with van der Waals surface area (Å²) >= 11 is 5.91. The fourth-order valence-corrected chi connectivity index (χ4v) is 3.75. The third-order valence-electron chi connectivity index (χ3n) is 4.90. The molecule has 4 rings (SSSR count). The van der Waals surface area contributed by atoms with Crippen molar-refractivity contribution in [1.29, 1.82) is 0 Å². The van der Waals surface area contributed by atoms with Crippen molar-refractivity contribution in [2.24, 2.45) is 0 Å². The lowest BCUT2D eigenvalue weighted by Gasteiger charge is -2.13. The largest absolute Gasteiger partial charge is 0.483 e. The van der Waals surface area contributed by atoms with E-state index < -0.39 is 11.7 Å². The van der Waals surface area contributed by atoms with Crippen LogP contribution in [-0.2, 0) is 17.6 Å². The molecule has 1 N–H and O–H groups in total. The van der Waals surface area contributed by atoms with E-state index in [9.17, 15) is 14.0 Å². The Hall–Kier alpha value is -2.86. The number of halogens is 2. The number of fused-ring (bicyclic) bond motifs is 3. The van der Waals surface area contributed by atoms with Gasteiger partial charge in [-0.15, -0.1) is 0 Å². The molecule has 28 heavy (non-hydrogen) atoms. The predicted molar refractivity (Wildman–Crippen MR) is 105 cm³/mol. The number of anilines is 1. The van der Waals surface area contributed by atoms with Crippen LogP contribution in [0.3, 0.4) is 0 Å². The average molecular weight is 402 g/mol. The molecule has 5 nitrogen and oxygen atoms in total. The molecule has 2 aromatic carbocycles. The van der Waals surface area contributed by atoms with Crippen molar-refractivity contribution in [3.63, 3.8) is 0 Å². The molecule has 0 aliphatic heterocycles. The lowest BCUT2D eigenvalue weighted by molar-refractivity contribution is -0.118. The fraction of sp³-hybridized carbons (Fsp3) is 0.238. The van der Waals surface area contributed by atoms with Crippen LogP contribution in [0, 0.1) is 12.7 Å². The number of carbonyl (C=O) groups excluding carboxylic acids is 1. The van der Waals surface area contributed by atoms with Crippen LogP contribution in [0.2, 0.25) is 5.02 Å². The summed E-state index contributed by atoms with van der Waals surface area (Å²) in [6, 6.07) is 7.34. The summed E-state index contributed by atoms with van der Waals surface area (Å²) in [5.41, 5.74) is 2.96. The molecule has 1 aliphatic rings.